The molecule has 1 aromatic rings. The van der Waals surface area contributed by atoms with E-state index >= 15 is 0 Å². The summed E-state index contributed by atoms with van der Waals surface area (Å²) in [5.41, 5.74) is 0.363. The Labute approximate surface area is 125 Å². The van der Waals surface area contributed by atoms with Crippen LogP contribution in [0.25, 0.3) is 0 Å². The van der Waals surface area contributed by atoms with Gasteiger partial charge in [0.15, 0.2) is 0 Å². The van der Waals surface area contributed by atoms with Crippen molar-refractivity contribution in [3.05, 3.63) is 35.9 Å². The van der Waals surface area contributed by atoms with Crippen molar-refractivity contribution in [3.8, 4) is 0 Å². The van der Waals surface area contributed by atoms with Gasteiger partial charge in [0.1, 0.15) is 6.04 Å². The van der Waals surface area contributed by atoms with Gasteiger partial charge in [-0.3, -0.25) is 9.59 Å². The zero-order chi connectivity index (χ0) is 15.5. The maximum Gasteiger partial charge on any atom is 0.249 e. The minimum atomic E-state index is -0.617. The van der Waals surface area contributed by atoms with Gasteiger partial charge < -0.3 is 15.0 Å². The molecule has 1 aromatic carbocycles. The number of hydrogen-bond acceptors (Lipinski definition) is 3. The molecule has 1 N–H and O–H groups in total. The molecule has 21 heavy (non-hydrogen) atoms. The topological polar surface area (TPSA) is 58.6 Å². The van der Waals surface area contributed by atoms with E-state index in [1.807, 2.05) is 44.2 Å². The van der Waals surface area contributed by atoms with Crippen molar-refractivity contribution in [1.82, 2.24) is 10.2 Å². The minimum absolute atomic E-state index is 0.0859. The van der Waals surface area contributed by atoms with Crippen LogP contribution in [0.15, 0.2) is 30.3 Å². The summed E-state index contributed by atoms with van der Waals surface area (Å²) in [6.45, 7) is 4.73. The Kier molecular flexibility index (Phi) is 4.63. The van der Waals surface area contributed by atoms with Crippen LogP contribution in [0, 0.1) is 0 Å². The lowest BCUT2D eigenvalue weighted by Crippen LogP contribution is -2.46. The number of ether oxygens (including phenoxy) is 1. The van der Waals surface area contributed by atoms with Crippen LogP contribution < -0.4 is 5.32 Å². The molecule has 1 unspecified atom stereocenters. The monoisotopic (exact) mass is 290 g/mol. The lowest BCUT2D eigenvalue weighted by Gasteiger charge is -2.32. The molecule has 1 aliphatic rings. The first-order valence-electron chi connectivity index (χ1n) is 7.11. The number of rotatable bonds is 4. The van der Waals surface area contributed by atoms with Crippen molar-refractivity contribution in [1.29, 1.82) is 0 Å². The number of amides is 2. The van der Waals surface area contributed by atoms with Crippen LogP contribution in [0.5, 0.6) is 0 Å². The molecule has 1 atom stereocenters. The van der Waals surface area contributed by atoms with Crippen molar-refractivity contribution in [2.45, 2.75) is 31.9 Å². The minimum Gasteiger partial charge on any atom is -0.377 e. The Bertz CT molecular complexity index is 514. The highest BCUT2D eigenvalue weighted by molar-refractivity contribution is 5.90. The Hall–Kier alpha value is -1.88. The average molecular weight is 290 g/mol. The smallest absolute Gasteiger partial charge is 0.249 e. The van der Waals surface area contributed by atoms with Crippen molar-refractivity contribution < 1.29 is 14.3 Å². The molecule has 0 aliphatic carbocycles. The van der Waals surface area contributed by atoms with Crippen LogP contribution in [0.3, 0.4) is 0 Å². The summed E-state index contributed by atoms with van der Waals surface area (Å²) >= 11 is 0. The summed E-state index contributed by atoms with van der Waals surface area (Å²) in [6.07, 6.45) is 0.314. The van der Waals surface area contributed by atoms with E-state index in [1.165, 1.54) is 0 Å². The van der Waals surface area contributed by atoms with Gasteiger partial charge in [0.25, 0.3) is 0 Å². The van der Waals surface area contributed by atoms with E-state index in [4.69, 9.17) is 4.74 Å². The standard InChI is InChI=1S/C16H22N2O3/c1-16(2,21-3)11-18-10-9-13(19)17-14(15(18)20)12-7-5-4-6-8-12/h4-8,14H,9-11H2,1-3H3,(H,17,19). The van der Waals surface area contributed by atoms with Crippen molar-refractivity contribution >= 4 is 11.8 Å². The molecule has 2 rings (SSSR count). The van der Waals surface area contributed by atoms with Gasteiger partial charge in [-0.25, -0.2) is 0 Å². The van der Waals surface area contributed by atoms with Gasteiger partial charge in [0.05, 0.1) is 5.60 Å². The third kappa shape index (κ3) is 3.82. The summed E-state index contributed by atoms with van der Waals surface area (Å²) in [4.78, 5) is 26.3. The van der Waals surface area contributed by atoms with Gasteiger partial charge in [0, 0.05) is 26.6 Å². The molecule has 2 amide bonds. The second-order valence-corrected chi connectivity index (χ2v) is 5.88. The molecule has 0 radical (unpaired) electrons. The number of methoxy groups -OCH3 is 1. The molecule has 5 heteroatoms. The maximum absolute atomic E-state index is 12.7. The first kappa shape index (κ1) is 15.5. The summed E-state index contributed by atoms with van der Waals surface area (Å²) in [7, 11) is 1.63. The van der Waals surface area contributed by atoms with E-state index in [9.17, 15) is 9.59 Å². The van der Waals surface area contributed by atoms with Crippen LogP contribution in [0.2, 0.25) is 0 Å². The van der Waals surface area contributed by atoms with Crippen molar-refractivity contribution in [3.63, 3.8) is 0 Å². The summed E-state index contributed by atoms with van der Waals surface area (Å²) in [5.74, 6) is -0.188. The second kappa shape index (κ2) is 6.26. The number of carbonyl (C=O) groups is 2. The van der Waals surface area contributed by atoms with E-state index in [0.29, 0.717) is 19.5 Å². The van der Waals surface area contributed by atoms with Gasteiger partial charge in [-0.2, -0.15) is 0 Å². The Balaban J connectivity index is 2.24. The molecular weight excluding hydrogens is 268 g/mol. The molecule has 1 aliphatic heterocycles. The third-order valence-corrected chi connectivity index (χ3v) is 3.73. The van der Waals surface area contributed by atoms with Gasteiger partial charge in [0.2, 0.25) is 11.8 Å². The van der Waals surface area contributed by atoms with Gasteiger partial charge in [-0.05, 0) is 19.4 Å². The third-order valence-electron chi connectivity index (χ3n) is 3.73. The highest BCUT2D eigenvalue weighted by Gasteiger charge is 2.33. The molecule has 5 nitrogen and oxygen atoms in total. The molecule has 1 fully saturated rings. The van der Waals surface area contributed by atoms with E-state index in [0.717, 1.165) is 5.56 Å². The van der Waals surface area contributed by atoms with Crippen LogP contribution in [0.1, 0.15) is 31.9 Å². The largest absolute Gasteiger partial charge is 0.377 e. The van der Waals surface area contributed by atoms with Crippen LogP contribution in [0.4, 0.5) is 0 Å². The van der Waals surface area contributed by atoms with E-state index in [-0.39, 0.29) is 11.8 Å². The first-order chi connectivity index (χ1) is 9.93. The fourth-order valence-electron chi connectivity index (χ4n) is 2.38. The average Bonchev–Trinajstić information content (AvgIpc) is 2.61. The highest BCUT2D eigenvalue weighted by atomic mass is 16.5. The molecular formula is C16H22N2O3. The molecule has 0 aromatic heterocycles. The van der Waals surface area contributed by atoms with E-state index in [2.05, 4.69) is 5.32 Å². The Morgan fingerprint density at radius 1 is 1.29 bits per heavy atom. The summed E-state index contributed by atoms with van der Waals surface area (Å²) in [5, 5.41) is 2.81. The highest BCUT2D eigenvalue weighted by Crippen LogP contribution is 2.21. The number of hydrogen-bond donors (Lipinski definition) is 1. The normalized spacial score (nSPS) is 20.1. The molecule has 0 spiro atoms. The number of benzene rings is 1. The lowest BCUT2D eigenvalue weighted by molar-refractivity contribution is -0.137. The van der Waals surface area contributed by atoms with Crippen LogP contribution in [-0.4, -0.2) is 42.5 Å². The lowest BCUT2D eigenvalue weighted by atomic mass is 10.0. The molecule has 1 heterocycles. The van der Waals surface area contributed by atoms with Gasteiger partial charge in [-0.15, -0.1) is 0 Å². The molecule has 114 valence electrons. The van der Waals surface area contributed by atoms with Crippen molar-refractivity contribution in [2.24, 2.45) is 0 Å². The maximum atomic E-state index is 12.7. The van der Waals surface area contributed by atoms with E-state index in [1.54, 1.807) is 12.0 Å². The zero-order valence-electron chi connectivity index (χ0n) is 12.8. The van der Waals surface area contributed by atoms with E-state index < -0.39 is 11.6 Å². The number of carbonyl (C=O) groups excluding carboxylic acids is 2. The van der Waals surface area contributed by atoms with Crippen LogP contribution >= 0.6 is 0 Å². The Morgan fingerprint density at radius 2 is 1.95 bits per heavy atom. The predicted octanol–water partition coefficient (Wildman–Crippen LogP) is 1.50. The zero-order valence-corrected chi connectivity index (χ0v) is 12.8. The Morgan fingerprint density at radius 3 is 2.57 bits per heavy atom. The van der Waals surface area contributed by atoms with Crippen LogP contribution in [-0.2, 0) is 14.3 Å². The van der Waals surface area contributed by atoms with Crippen molar-refractivity contribution in [2.75, 3.05) is 20.2 Å². The van der Waals surface area contributed by atoms with Gasteiger partial charge in [-0.1, -0.05) is 30.3 Å². The predicted molar refractivity (Wildman–Crippen MR) is 79.6 cm³/mol. The summed E-state index contributed by atoms with van der Waals surface area (Å²) in [6, 6.07) is 8.71. The molecule has 0 bridgehead atoms. The fraction of sp³-hybridized carbons (Fsp3) is 0.500. The number of nitrogens with zero attached hydrogens (tertiary/aromatic N) is 1. The SMILES string of the molecule is COC(C)(C)CN1CCC(=O)NC(c2ccccc2)C1=O. The molecule has 1 saturated heterocycles. The fourth-order valence-corrected chi connectivity index (χ4v) is 2.38. The van der Waals surface area contributed by atoms with Gasteiger partial charge >= 0.3 is 0 Å². The first-order valence-corrected chi connectivity index (χ1v) is 7.11. The second-order valence-electron chi connectivity index (χ2n) is 5.88. The molecule has 0 saturated carbocycles. The quantitative estimate of drug-likeness (QED) is 0.914. The summed E-state index contributed by atoms with van der Waals surface area (Å²) < 4.78 is 5.40. The number of nitrogens with one attached hydrogen (secondary N) is 1.